The Morgan fingerprint density at radius 1 is 1.18 bits per heavy atom. The monoisotopic (exact) mass is 311 g/mol. The molecule has 0 aliphatic carbocycles. The smallest absolute Gasteiger partial charge is 0.307 e. The highest BCUT2D eigenvalue weighted by molar-refractivity contribution is 5.78. The van der Waals surface area contributed by atoms with Gasteiger partial charge in [0.1, 0.15) is 5.60 Å². The summed E-state index contributed by atoms with van der Waals surface area (Å²) in [5.41, 5.74) is -0.422. The maximum absolute atomic E-state index is 11.7. The van der Waals surface area contributed by atoms with Crippen LogP contribution in [0.5, 0.6) is 0 Å². The van der Waals surface area contributed by atoms with Crippen LogP contribution in [0.1, 0.15) is 27.2 Å². The molecule has 1 N–H and O–H groups in total. The minimum atomic E-state index is -0.422. The third-order valence-corrected chi connectivity index (χ3v) is 3.33. The molecule has 0 spiro atoms. The lowest BCUT2D eigenvalue weighted by molar-refractivity contribution is -0.155. The van der Waals surface area contributed by atoms with Crippen LogP contribution < -0.4 is 5.32 Å². The lowest BCUT2D eigenvalue weighted by Crippen LogP contribution is -2.49. The molecule has 0 unspecified atom stereocenters. The van der Waals surface area contributed by atoms with Crippen LogP contribution in [0.15, 0.2) is 12.7 Å². The molecular weight excluding hydrogens is 282 g/mol. The number of piperazine rings is 1. The Hall–Kier alpha value is -1.40. The average molecular weight is 311 g/mol. The van der Waals surface area contributed by atoms with Crippen molar-refractivity contribution in [3.63, 3.8) is 0 Å². The van der Waals surface area contributed by atoms with E-state index in [1.165, 1.54) is 0 Å². The molecule has 1 heterocycles. The lowest BCUT2D eigenvalue weighted by atomic mass is 10.2. The Bertz CT molecular complexity index is 383. The summed E-state index contributed by atoms with van der Waals surface area (Å²) in [4.78, 5) is 27.7. The largest absolute Gasteiger partial charge is 0.460 e. The highest BCUT2D eigenvalue weighted by Crippen LogP contribution is 2.09. The highest BCUT2D eigenvalue weighted by Gasteiger charge is 2.21. The zero-order valence-corrected chi connectivity index (χ0v) is 14.1. The Morgan fingerprint density at radius 3 is 2.32 bits per heavy atom. The van der Waals surface area contributed by atoms with Crippen molar-refractivity contribution >= 4 is 11.9 Å². The van der Waals surface area contributed by atoms with E-state index in [2.05, 4.69) is 21.7 Å². The maximum Gasteiger partial charge on any atom is 0.307 e. The van der Waals surface area contributed by atoms with E-state index in [4.69, 9.17) is 4.74 Å². The predicted molar refractivity (Wildman–Crippen MR) is 86.5 cm³/mol. The van der Waals surface area contributed by atoms with E-state index in [9.17, 15) is 9.59 Å². The SMILES string of the molecule is C=CCNC(=O)CN1CCN(CCC(=O)OC(C)(C)C)CC1. The molecule has 0 aromatic rings. The fourth-order valence-electron chi connectivity index (χ4n) is 2.26. The third kappa shape index (κ3) is 8.14. The number of carbonyl (C=O) groups excluding carboxylic acids is 2. The van der Waals surface area contributed by atoms with Crippen LogP contribution in [-0.4, -0.2) is 73.1 Å². The van der Waals surface area contributed by atoms with Crippen LogP contribution in [0.2, 0.25) is 0 Å². The summed E-state index contributed by atoms with van der Waals surface area (Å²) in [6, 6.07) is 0. The van der Waals surface area contributed by atoms with Crippen molar-refractivity contribution in [2.24, 2.45) is 0 Å². The number of amides is 1. The van der Waals surface area contributed by atoms with Gasteiger partial charge in [0.05, 0.1) is 13.0 Å². The molecule has 1 fully saturated rings. The topological polar surface area (TPSA) is 61.9 Å². The van der Waals surface area contributed by atoms with Crippen LogP contribution in [0, 0.1) is 0 Å². The summed E-state index contributed by atoms with van der Waals surface area (Å²) >= 11 is 0. The average Bonchev–Trinajstić information content (AvgIpc) is 2.42. The quantitative estimate of drug-likeness (QED) is 0.552. The molecule has 1 aliphatic heterocycles. The van der Waals surface area contributed by atoms with E-state index < -0.39 is 5.60 Å². The number of esters is 1. The van der Waals surface area contributed by atoms with E-state index in [1.54, 1.807) is 6.08 Å². The Balaban J connectivity index is 2.18. The van der Waals surface area contributed by atoms with Crippen LogP contribution >= 0.6 is 0 Å². The summed E-state index contributed by atoms with van der Waals surface area (Å²) in [6.07, 6.45) is 2.09. The Kier molecular flexibility index (Phi) is 7.55. The van der Waals surface area contributed by atoms with Crippen molar-refractivity contribution < 1.29 is 14.3 Å². The molecule has 0 aromatic carbocycles. The minimum Gasteiger partial charge on any atom is -0.460 e. The van der Waals surface area contributed by atoms with Crippen LogP contribution in [0.25, 0.3) is 0 Å². The lowest BCUT2D eigenvalue weighted by Gasteiger charge is -2.34. The van der Waals surface area contributed by atoms with Gasteiger partial charge in [-0.2, -0.15) is 0 Å². The normalized spacial score (nSPS) is 17.0. The van der Waals surface area contributed by atoms with Crippen molar-refractivity contribution in [1.82, 2.24) is 15.1 Å². The molecule has 1 rings (SSSR count). The van der Waals surface area contributed by atoms with Crippen molar-refractivity contribution in [1.29, 1.82) is 0 Å². The second-order valence-electron chi connectivity index (χ2n) is 6.55. The van der Waals surface area contributed by atoms with E-state index in [0.29, 0.717) is 26.1 Å². The molecule has 0 atom stereocenters. The molecule has 0 bridgehead atoms. The molecule has 6 nitrogen and oxygen atoms in total. The second kappa shape index (κ2) is 8.90. The van der Waals surface area contributed by atoms with Crippen molar-refractivity contribution in [2.45, 2.75) is 32.8 Å². The zero-order chi connectivity index (χ0) is 16.6. The summed E-state index contributed by atoms with van der Waals surface area (Å²) < 4.78 is 5.30. The van der Waals surface area contributed by atoms with Gasteiger partial charge in [0.15, 0.2) is 0 Å². The van der Waals surface area contributed by atoms with Crippen LogP contribution in [0.4, 0.5) is 0 Å². The van der Waals surface area contributed by atoms with Gasteiger partial charge in [-0.05, 0) is 20.8 Å². The van der Waals surface area contributed by atoms with Gasteiger partial charge in [-0.15, -0.1) is 6.58 Å². The number of rotatable bonds is 7. The first-order valence-corrected chi connectivity index (χ1v) is 7.84. The van der Waals surface area contributed by atoms with Gasteiger partial charge < -0.3 is 15.0 Å². The van der Waals surface area contributed by atoms with E-state index in [1.807, 2.05) is 20.8 Å². The van der Waals surface area contributed by atoms with Crippen molar-refractivity contribution in [2.75, 3.05) is 45.8 Å². The van der Waals surface area contributed by atoms with Crippen LogP contribution in [0.3, 0.4) is 0 Å². The molecular formula is C16H29N3O3. The molecule has 1 saturated heterocycles. The van der Waals surface area contributed by atoms with Crippen molar-refractivity contribution in [3.8, 4) is 0 Å². The third-order valence-electron chi connectivity index (χ3n) is 3.33. The van der Waals surface area contributed by atoms with Crippen LogP contribution in [-0.2, 0) is 14.3 Å². The number of nitrogens with zero attached hydrogens (tertiary/aromatic N) is 2. The number of hydrogen-bond acceptors (Lipinski definition) is 5. The van der Waals surface area contributed by atoms with Gasteiger partial charge >= 0.3 is 5.97 Å². The summed E-state index contributed by atoms with van der Waals surface area (Å²) in [6.45, 7) is 14.3. The summed E-state index contributed by atoms with van der Waals surface area (Å²) in [7, 11) is 0. The number of ether oxygens (including phenoxy) is 1. The molecule has 22 heavy (non-hydrogen) atoms. The number of hydrogen-bond donors (Lipinski definition) is 1. The number of carbonyl (C=O) groups is 2. The first-order valence-electron chi connectivity index (χ1n) is 7.84. The van der Waals surface area contributed by atoms with Gasteiger partial charge in [-0.1, -0.05) is 6.08 Å². The number of nitrogens with one attached hydrogen (secondary N) is 1. The first-order chi connectivity index (χ1) is 10.3. The van der Waals surface area contributed by atoms with E-state index in [-0.39, 0.29) is 11.9 Å². The first kappa shape index (κ1) is 18.6. The fraction of sp³-hybridized carbons (Fsp3) is 0.750. The molecule has 6 heteroatoms. The van der Waals surface area contributed by atoms with Gasteiger partial charge in [0.25, 0.3) is 0 Å². The Labute approximate surface area is 133 Å². The molecule has 0 saturated carbocycles. The highest BCUT2D eigenvalue weighted by atomic mass is 16.6. The standard InChI is InChI=1S/C16H29N3O3/c1-5-7-17-14(20)13-19-11-9-18(10-12-19)8-6-15(21)22-16(2,3)4/h5H,1,6-13H2,2-4H3,(H,17,20). The zero-order valence-electron chi connectivity index (χ0n) is 14.1. The Morgan fingerprint density at radius 2 is 1.77 bits per heavy atom. The summed E-state index contributed by atoms with van der Waals surface area (Å²) in [5, 5.41) is 2.78. The molecule has 1 aliphatic rings. The maximum atomic E-state index is 11.7. The second-order valence-corrected chi connectivity index (χ2v) is 6.55. The molecule has 126 valence electrons. The van der Waals surface area contributed by atoms with Gasteiger partial charge in [0, 0.05) is 39.3 Å². The van der Waals surface area contributed by atoms with E-state index >= 15 is 0 Å². The fourth-order valence-corrected chi connectivity index (χ4v) is 2.26. The predicted octanol–water partition coefficient (Wildman–Crippen LogP) is 0.638. The van der Waals surface area contributed by atoms with Crippen molar-refractivity contribution in [3.05, 3.63) is 12.7 Å². The van der Waals surface area contributed by atoms with Gasteiger partial charge in [0.2, 0.25) is 5.91 Å². The summed E-state index contributed by atoms with van der Waals surface area (Å²) in [5.74, 6) is -0.124. The van der Waals surface area contributed by atoms with E-state index in [0.717, 1.165) is 26.2 Å². The van der Waals surface area contributed by atoms with Gasteiger partial charge in [-0.25, -0.2) is 0 Å². The van der Waals surface area contributed by atoms with Gasteiger partial charge in [-0.3, -0.25) is 14.5 Å². The molecule has 0 aromatic heterocycles. The molecule has 1 amide bonds. The minimum absolute atomic E-state index is 0.0297. The molecule has 0 radical (unpaired) electrons.